The molecule has 1 aromatic rings. The lowest BCUT2D eigenvalue weighted by atomic mass is 10.1. The molecule has 21 heavy (non-hydrogen) atoms. The van der Waals surface area contributed by atoms with Crippen LogP contribution in [0.4, 0.5) is 5.69 Å². The van der Waals surface area contributed by atoms with E-state index in [2.05, 4.69) is 5.32 Å². The summed E-state index contributed by atoms with van der Waals surface area (Å²) in [5.74, 6) is -3.05. The molecule has 4 N–H and O–H groups in total. The first-order chi connectivity index (χ1) is 9.81. The quantitative estimate of drug-likeness (QED) is 0.458. The molecule has 0 aliphatic rings. The molecule has 0 spiro atoms. The highest BCUT2D eigenvalue weighted by atomic mass is 16.6. The summed E-state index contributed by atoms with van der Waals surface area (Å²) in [5, 5.41) is 21.7. The summed E-state index contributed by atoms with van der Waals surface area (Å²) in [6.45, 7) is 0. The molecule has 112 valence electrons. The molecular formula is C12H13N3O6. The number of hydrogen-bond donors (Lipinski definition) is 3. The van der Waals surface area contributed by atoms with Crippen molar-refractivity contribution in [3.05, 3.63) is 39.9 Å². The monoisotopic (exact) mass is 295 g/mol. The SMILES string of the molecule is NC(=O)CC(NC(=O)Cc1ccccc1[N+](=O)[O-])C(=O)O. The van der Waals surface area contributed by atoms with Gasteiger partial charge in [0.05, 0.1) is 17.8 Å². The average molecular weight is 295 g/mol. The van der Waals surface area contributed by atoms with Gasteiger partial charge in [-0.3, -0.25) is 19.7 Å². The minimum Gasteiger partial charge on any atom is -0.480 e. The van der Waals surface area contributed by atoms with Crippen LogP contribution in [-0.4, -0.2) is 33.9 Å². The smallest absolute Gasteiger partial charge is 0.326 e. The Morgan fingerprint density at radius 3 is 2.48 bits per heavy atom. The van der Waals surface area contributed by atoms with Crippen molar-refractivity contribution in [3.8, 4) is 0 Å². The number of primary amides is 1. The summed E-state index contributed by atoms with van der Waals surface area (Å²) >= 11 is 0. The Labute approximate surface area is 118 Å². The number of amides is 2. The van der Waals surface area contributed by atoms with Gasteiger partial charge < -0.3 is 16.2 Å². The number of carboxylic acids is 1. The number of hydrogen-bond acceptors (Lipinski definition) is 5. The van der Waals surface area contributed by atoms with E-state index in [0.717, 1.165) is 0 Å². The summed E-state index contributed by atoms with van der Waals surface area (Å²) in [7, 11) is 0. The maximum Gasteiger partial charge on any atom is 0.326 e. The standard InChI is InChI=1S/C12H13N3O6/c13-10(16)6-8(12(18)19)14-11(17)5-7-3-1-2-4-9(7)15(20)21/h1-4,8H,5-6H2,(H2,13,16)(H,14,17)(H,18,19). The zero-order valence-corrected chi connectivity index (χ0v) is 10.8. The van der Waals surface area contributed by atoms with E-state index in [9.17, 15) is 24.5 Å². The molecule has 2 amide bonds. The van der Waals surface area contributed by atoms with Crippen molar-refractivity contribution in [2.24, 2.45) is 5.73 Å². The van der Waals surface area contributed by atoms with Crippen LogP contribution in [0.5, 0.6) is 0 Å². The number of rotatable bonds is 7. The van der Waals surface area contributed by atoms with E-state index in [4.69, 9.17) is 10.8 Å². The van der Waals surface area contributed by atoms with Gasteiger partial charge in [-0.1, -0.05) is 18.2 Å². The number of para-hydroxylation sites is 1. The number of nitrogens with two attached hydrogens (primary N) is 1. The second kappa shape index (κ2) is 6.98. The molecule has 0 heterocycles. The van der Waals surface area contributed by atoms with Crippen LogP contribution in [0.25, 0.3) is 0 Å². The van der Waals surface area contributed by atoms with Crippen LogP contribution in [0.15, 0.2) is 24.3 Å². The average Bonchev–Trinajstić information content (AvgIpc) is 2.37. The van der Waals surface area contributed by atoms with Crippen LogP contribution < -0.4 is 11.1 Å². The second-order valence-electron chi connectivity index (χ2n) is 4.19. The van der Waals surface area contributed by atoms with Crippen molar-refractivity contribution in [1.82, 2.24) is 5.32 Å². The van der Waals surface area contributed by atoms with Gasteiger partial charge in [-0.15, -0.1) is 0 Å². The normalized spacial score (nSPS) is 11.4. The number of carbonyl (C=O) groups excluding carboxylic acids is 2. The third kappa shape index (κ3) is 4.90. The molecule has 9 nitrogen and oxygen atoms in total. The van der Waals surface area contributed by atoms with Crippen molar-refractivity contribution >= 4 is 23.5 Å². The minimum atomic E-state index is -1.46. The van der Waals surface area contributed by atoms with Crippen molar-refractivity contribution in [1.29, 1.82) is 0 Å². The number of carboxylic acid groups (broad SMARTS) is 1. The van der Waals surface area contributed by atoms with Gasteiger partial charge in [-0.05, 0) is 0 Å². The predicted octanol–water partition coefficient (Wildman–Crippen LogP) is -0.418. The number of aliphatic carboxylic acids is 1. The first-order valence-corrected chi connectivity index (χ1v) is 5.84. The maximum atomic E-state index is 11.7. The number of benzene rings is 1. The molecule has 0 radical (unpaired) electrons. The molecule has 0 fully saturated rings. The third-order valence-electron chi connectivity index (χ3n) is 2.58. The zero-order valence-electron chi connectivity index (χ0n) is 10.8. The Morgan fingerprint density at radius 2 is 1.95 bits per heavy atom. The van der Waals surface area contributed by atoms with Crippen molar-refractivity contribution in [2.75, 3.05) is 0 Å². The molecule has 0 bridgehead atoms. The third-order valence-corrected chi connectivity index (χ3v) is 2.58. The number of nitrogens with one attached hydrogen (secondary N) is 1. The fourth-order valence-corrected chi connectivity index (χ4v) is 1.66. The van der Waals surface area contributed by atoms with E-state index >= 15 is 0 Å². The van der Waals surface area contributed by atoms with Crippen LogP contribution in [0.3, 0.4) is 0 Å². The molecule has 1 rings (SSSR count). The van der Waals surface area contributed by atoms with Gasteiger partial charge in [0.25, 0.3) is 5.69 Å². The molecule has 0 saturated heterocycles. The Balaban J connectivity index is 2.79. The van der Waals surface area contributed by atoms with E-state index in [1.165, 1.54) is 24.3 Å². The lowest BCUT2D eigenvalue weighted by molar-refractivity contribution is -0.385. The zero-order chi connectivity index (χ0) is 16.0. The van der Waals surface area contributed by atoms with Crippen molar-refractivity contribution in [2.45, 2.75) is 18.9 Å². The van der Waals surface area contributed by atoms with E-state index < -0.39 is 35.2 Å². The van der Waals surface area contributed by atoms with Crippen molar-refractivity contribution < 1.29 is 24.4 Å². The van der Waals surface area contributed by atoms with E-state index in [-0.39, 0.29) is 17.7 Å². The van der Waals surface area contributed by atoms with Gasteiger partial charge in [0.15, 0.2) is 0 Å². The van der Waals surface area contributed by atoms with Crippen LogP contribution in [-0.2, 0) is 20.8 Å². The van der Waals surface area contributed by atoms with Gasteiger partial charge in [-0.25, -0.2) is 4.79 Å². The largest absolute Gasteiger partial charge is 0.480 e. The second-order valence-corrected chi connectivity index (χ2v) is 4.19. The van der Waals surface area contributed by atoms with E-state index in [1.807, 2.05) is 0 Å². The Morgan fingerprint density at radius 1 is 1.33 bits per heavy atom. The summed E-state index contributed by atoms with van der Waals surface area (Å²) in [4.78, 5) is 43.5. The summed E-state index contributed by atoms with van der Waals surface area (Å²) < 4.78 is 0. The van der Waals surface area contributed by atoms with Gasteiger partial charge in [0.2, 0.25) is 11.8 Å². The first-order valence-electron chi connectivity index (χ1n) is 5.84. The fourth-order valence-electron chi connectivity index (χ4n) is 1.66. The van der Waals surface area contributed by atoms with Gasteiger partial charge in [-0.2, -0.15) is 0 Å². The molecular weight excluding hydrogens is 282 g/mol. The Hall–Kier alpha value is -2.97. The molecule has 0 aliphatic heterocycles. The Bertz CT molecular complexity index is 586. The molecule has 1 unspecified atom stereocenters. The van der Waals surface area contributed by atoms with Crippen molar-refractivity contribution in [3.63, 3.8) is 0 Å². The first kappa shape index (κ1) is 16.1. The van der Waals surface area contributed by atoms with Crippen LogP contribution in [0.1, 0.15) is 12.0 Å². The molecule has 0 saturated carbocycles. The van der Waals surface area contributed by atoms with Gasteiger partial charge in [0.1, 0.15) is 6.04 Å². The van der Waals surface area contributed by atoms with Crippen LogP contribution in [0.2, 0.25) is 0 Å². The summed E-state index contributed by atoms with van der Waals surface area (Å²) in [6, 6.07) is 4.14. The fraction of sp³-hybridized carbons (Fsp3) is 0.250. The molecule has 0 aromatic heterocycles. The molecule has 9 heteroatoms. The molecule has 1 aromatic carbocycles. The predicted molar refractivity (Wildman–Crippen MR) is 70.2 cm³/mol. The summed E-state index contributed by atoms with van der Waals surface area (Å²) in [6.07, 6.45) is -0.933. The highest BCUT2D eigenvalue weighted by Crippen LogP contribution is 2.18. The highest BCUT2D eigenvalue weighted by Gasteiger charge is 2.23. The van der Waals surface area contributed by atoms with Gasteiger partial charge in [0, 0.05) is 11.6 Å². The number of nitro benzene ring substituents is 1. The molecule has 1 atom stereocenters. The number of nitrogens with zero attached hydrogens (tertiary/aromatic N) is 1. The topological polar surface area (TPSA) is 153 Å². The highest BCUT2D eigenvalue weighted by molar-refractivity contribution is 5.89. The minimum absolute atomic E-state index is 0.142. The van der Waals surface area contributed by atoms with Gasteiger partial charge >= 0.3 is 5.97 Å². The lowest BCUT2D eigenvalue weighted by Crippen LogP contribution is -2.43. The molecule has 0 aliphatic carbocycles. The maximum absolute atomic E-state index is 11.7. The van der Waals surface area contributed by atoms with E-state index in [1.54, 1.807) is 0 Å². The lowest BCUT2D eigenvalue weighted by Gasteiger charge is -2.12. The number of carbonyl (C=O) groups is 3. The van der Waals surface area contributed by atoms with Crippen LogP contribution >= 0.6 is 0 Å². The van der Waals surface area contributed by atoms with E-state index in [0.29, 0.717) is 0 Å². The van der Waals surface area contributed by atoms with Crippen LogP contribution in [0, 0.1) is 10.1 Å². The number of nitro groups is 1. The summed E-state index contributed by atoms with van der Waals surface area (Å²) in [5.41, 5.74) is 4.78. The Kier molecular flexibility index (Phi) is 5.35.